The molecule has 0 atom stereocenters. The number of rotatable bonds is 11. The van der Waals surface area contributed by atoms with Gasteiger partial charge in [0.25, 0.3) is 0 Å². The molecule has 0 aliphatic carbocycles. The number of methoxy groups -OCH3 is 1. The summed E-state index contributed by atoms with van der Waals surface area (Å²) in [6, 6.07) is 19.2. The number of anilines is 1. The van der Waals surface area contributed by atoms with Crippen molar-refractivity contribution in [1.82, 2.24) is 19.5 Å². The zero-order valence-corrected chi connectivity index (χ0v) is 26.5. The van der Waals surface area contributed by atoms with Crippen LogP contribution in [0.5, 0.6) is 5.75 Å². The number of hydrogen-bond donors (Lipinski definition) is 0. The Morgan fingerprint density at radius 3 is 2.50 bits per heavy atom. The Hall–Kier alpha value is -5.28. The minimum atomic E-state index is -0.732. The molecule has 3 aromatic heterocycles. The first-order valence-corrected chi connectivity index (χ1v) is 15.0. The largest absolute Gasteiger partial charge is 0.497 e. The maximum Gasteiger partial charge on any atom is 0.355 e. The number of ether oxygens (including phenoxy) is 1. The van der Waals surface area contributed by atoms with Crippen molar-refractivity contribution in [2.45, 2.75) is 39.7 Å². The standard InChI is InChI=1S/C35H35F2N7O2/c1-22(2)30-32(23(3)15-17-40-30)44-34-27(19-29(37)31(41-34)26-9-6-7-10-28(26)36)33(42-35(44)45)43(4)18-8-16-38-21-39-20-24-11-13-25(46-5)14-12-24/h6-7,9-15,17,19,22H,8,16,18,20H2,1-5H3. The highest BCUT2D eigenvalue weighted by Crippen LogP contribution is 2.32. The van der Waals surface area contributed by atoms with E-state index in [1.165, 1.54) is 28.8 Å². The summed E-state index contributed by atoms with van der Waals surface area (Å²) in [4.78, 5) is 37.6. The molecule has 0 unspecified atom stereocenters. The van der Waals surface area contributed by atoms with Crippen molar-refractivity contribution in [2.24, 2.45) is 9.98 Å². The number of pyridine rings is 2. The SMILES string of the molecule is COc1ccc(CN=C=NCCCN(C)c2nc(=O)n(-c3c(C)ccnc3C(C)C)c3nc(-c4ccccc4F)c(F)cc23)cc1. The molecular formula is C35H35F2N7O2. The van der Waals surface area contributed by atoms with Crippen LogP contribution in [0.25, 0.3) is 28.0 Å². The molecular weight excluding hydrogens is 588 g/mol. The molecule has 0 aliphatic heterocycles. The molecule has 0 saturated heterocycles. The summed E-state index contributed by atoms with van der Waals surface area (Å²) in [7, 11) is 3.39. The molecule has 0 aliphatic rings. The van der Waals surface area contributed by atoms with E-state index in [1.807, 2.05) is 45.0 Å². The molecule has 11 heteroatoms. The van der Waals surface area contributed by atoms with E-state index in [0.717, 1.165) is 16.9 Å². The van der Waals surface area contributed by atoms with Gasteiger partial charge >= 0.3 is 5.69 Å². The number of fused-ring (bicyclic) bond motifs is 1. The van der Waals surface area contributed by atoms with E-state index in [2.05, 4.69) is 30.9 Å². The van der Waals surface area contributed by atoms with Gasteiger partial charge < -0.3 is 9.64 Å². The zero-order valence-electron chi connectivity index (χ0n) is 26.5. The molecule has 3 heterocycles. The average molecular weight is 624 g/mol. The molecule has 0 spiro atoms. The van der Waals surface area contributed by atoms with E-state index in [0.29, 0.717) is 42.8 Å². The molecule has 0 N–H and O–H groups in total. The van der Waals surface area contributed by atoms with Crippen LogP contribution in [0, 0.1) is 18.6 Å². The van der Waals surface area contributed by atoms with Gasteiger partial charge in [0.05, 0.1) is 43.0 Å². The first kappa shape index (κ1) is 32.1. The highest BCUT2D eigenvalue weighted by molar-refractivity contribution is 5.90. The second-order valence-electron chi connectivity index (χ2n) is 11.2. The van der Waals surface area contributed by atoms with E-state index in [1.54, 1.807) is 37.4 Å². The van der Waals surface area contributed by atoms with Crippen LogP contribution in [0.1, 0.15) is 43.0 Å². The van der Waals surface area contributed by atoms with E-state index < -0.39 is 17.3 Å². The molecule has 9 nitrogen and oxygen atoms in total. The lowest BCUT2D eigenvalue weighted by molar-refractivity contribution is 0.414. The van der Waals surface area contributed by atoms with Crippen LogP contribution in [0.4, 0.5) is 14.6 Å². The fraction of sp³-hybridized carbons (Fsp3) is 0.286. The minimum absolute atomic E-state index is 0.00822. The van der Waals surface area contributed by atoms with Crippen LogP contribution in [-0.2, 0) is 6.54 Å². The van der Waals surface area contributed by atoms with Gasteiger partial charge in [-0.15, -0.1) is 0 Å². The maximum atomic E-state index is 15.7. The number of nitrogens with zero attached hydrogens (tertiary/aromatic N) is 7. The van der Waals surface area contributed by atoms with Gasteiger partial charge in [-0.1, -0.05) is 38.1 Å². The van der Waals surface area contributed by atoms with Crippen molar-refractivity contribution in [1.29, 1.82) is 0 Å². The van der Waals surface area contributed by atoms with E-state index >= 15 is 4.39 Å². The first-order valence-electron chi connectivity index (χ1n) is 15.0. The van der Waals surface area contributed by atoms with Crippen molar-refractivity contribution in [2.75, 3.05) is 32.1 Å². The van der Waals surface area contributed by atoms with Gasteiger partial charge in [-0.2, -0.15) is 4.98 Å². The van der Waals surface area contributed by atoms with Crippen molar-refractivity contribution in [3.63, 3.8) is 0 Å². The molecule has 46 heavy (non-hydrogen) atoms. The van der Waals surface area contributed by atoms with Crippen molar-refractivity contribution < 1.29 is 13.5 Å². The fourth-order valence-electron chi connectivity index (χ4n) is 5.18. The van der Waals surface area contributed by atoms with Crippen LogP contribution in [0.2, 0.25) is 0 Å². The minimum Gasteiger partial charge on any atom is -0.497 e. The second kappa shape index (κ2) is 14.2. The third kappa shape index (κ3) is 6.84. The van der Waals surface area contributed by atoms with Gasteiger partial charge in [-0.25, -0.2) is 33.1 Å². The third-order valence-electron chi connectivity index (χ3n) is 7.54. The predicted molar refractivity (Wildman–Crippen MR) is 176 cm³/mol. The Morgan fingerprint density at radius 2 is 1.78 bits per heavy atom. The molecule has 5 rings (SSSR count). The monoisotopic (exact) mass is 623 g/mol. The lowest BCUT2D eigenvalue weighted by Crippen LogP contribution is -2.30. The second-order valence-corrected chi connectivity index (χ2v) is 11.2. The quantitative estimate of drug-likeness (QED) is 0.119. The lowest BCUT2D eigenvalue weighted by atomic mass is 10.0. The number of hydrogen-bond acceptors (Lipinski definition) is 8. The number of aliphatic imine (C=N–C) groups is 2. The summed E-state index contributed by atoms with van der Waals surface area (Å²) in [5.41, 5.74) is 2.32. The summed E-state index contributed by atoms with van der Waals surface area (Å²) in [6.45, 7) is 7.14. The molecule has 2 aromatic carbocycles. The Bertz CT molecular complexity index is 1980. The Labute approximate surface area is 266 Å². The van der Waals surface area contributed by atoms with Gasteiger partial charge in [0.15, 0.2) is 5.65 Å². The number of aryl methyl sites for hydroxylation is 1. The first-order chi connectivity index (χ1) is 22.2. The topological polar surface area (TPSA) is 97.9 Å². The highest BCUT2D eigenvalue weighted by atomic mass is 19.1. The summed E-state index contributed by atoms with van der Waals surface area (Å²) < 4.78 is 37.1. The number of benzene rings is 2. The predicted octanol–water partition coefficient (Wildman–Crippen LogP) is 6.76. The van der Waals surface area contributed by atoms with E-state index in [-0.39, 0.29) is 28.6 Å². The third-order valence-corrected chi connectivity index (χ3v) is 7.54. The van der Waals surface area contributed by atoms with Gasteiger partial charge in [0, 0.05) is 25.4 Å². The Balaban J connectivity index is 1.49. The number of aromatic nitrogens is 4. The highest BCUT2D eigenvalue weighted by Gasteiger charge is 2.24. The smallest absolute Gasteiger partial charge is 0.355 e. The van der Waals surface area contributed by atoms with E-state index in [9.17, 15) is 9.18 Å². The molecule has 236 valence electrons. The van der Waals surface area contributed by atoms with Crippen molar-refractivity contribution in [3.8, 4) is 22.7 Å². The zero-order chi connectivity index (χ0) is 32.8. The van der Waals surface area contributed by atoms with Crippen LogP contribution in [0.15, 0.2) is 81.6 Å². The number of halogens is 2. The van der Waals surface area contributed by atoms with Gasteiger partial charge in [0.1, 0.15) is 28.9 Å². The molecule has 0 amide bonds. The van der Waals surface area contributed by atoms with Crippen molar-refractivity contribution >= 4 is 22.9 Å². The van der Waals surface area contributed by atoms with Crippen LogP contribution < -0.4 is 15.3 Å². The van der Waals surface area contributed by atoms with Gasteiger partial charge in [0.2, 0.25) is 0 Å². The normalized spacial score (nSPS) is 11.0. The molecule has 0 radical (unpaired) electrons. The van der Waals surface area contributed by atoms with Crippen LogP contribution >= 0.6 is 0 Å². The summed E-state index contributed by atoms with van der Waals surface area (Å²) in [5.74, 6) is -0.355. The summed E-state index contributed by atoms with van der Waals surface area (Å²) >= 11 is 0. The maximum absolute atomic E-state index is 15.7. The molecule has 0 fully saturated rings. The molecule has 5 aromatic rings. The molecule has 0 bridgehead atoms. The fourth-order valence-corrected chi connectivity index (χ4v) is 5.18. The summed E-state index contributed by atoms with van der Waals surface area (Å²) in [5, 5.41) is 0.308. The van der Waals surface area contributed by atoms with E-state index in [4.69, 9.17) is 4.74 Å². The van der Waals surface area contributed by atoms with Crippen LogP contribution in [-0.4, -0.2) is 52.8 Å². The molecule has 0 saturated carbocycles. The van der Waals surface area contributed by atoms with Gasteiger partial charge in [-0.3, -0.25) is 4.98 Å². The summed E-state index contributed by atoms with van der Waals surface area (Å²) in [6.07, 6.45) is 2.28. The van der Waals surface area contributed by atoms with Crippen LogP contribution in [0.3, 0.4) is 0 Å². The van der Waals surface area contributed by atoms with Gasteiger partial charge in [-0.05, 0) is 66.8 Å². The average Bonchev–Trinajstić information content (AvgIpc) is 3.04. The Kier molecular flexibility index (Phi) is 9.93. The Morgan fingerprint density at radius 1 is 1.02 bits per heavy atom. The lowest BCUT2D eigenvalue weighted by Gasteiger charge is -2.23. The van der Waals surface area contributed by atoms with Crippen molar-refractivity contribution in [3.05, 3.63) is 106 Å².